The van der Waals surface area contributed by atoms with E-state index in [2.05, 4.69) is 15.1 Å². The summed E-state index contributed by atoms with van der Waals surface area (Å²) in [6, 6.07) is 1.87. The quantitative estimate of drug-likeness (QED) is 0.440. The Morgan fingerprint density at radius 1 is 1.11 bits per heavy atom. The van der Waals surface area contributed by atoms with Crippen molar-refractivity contribution in [1.29, 1.82) is 0 Å². The summed E-state index contributed by atoms with van der Waals surface area (Å²) >= 11 is 0. The molecule has 1 saturated heterocycles. The minimum absolute atomic E-state index is 0.0163. The molecule has 0 aromatic carbocycles. The number of imidazole rings is 1. The Morgan fingerprint density at radius 2 is 1.91 bits per heavy atom. The number of hydrogen-bond donors (Lipinski definition) is 1. The number of nitrogens with zero attached hydrogens (tertiary/aromatic N) is 6. The van der Waals surface area contributed by atoms with Gasteiger partial charge in [0.05, 0.1) is 23.5 Å². The molecule has 5 rings (SSSR count). The molecule has 0 spiro atoms. The van der Waals surface area contributed by atoms with Crippen LogP contribution < -0.4 is 0 Å². The molecule has 5 heterocycles. The molecule has 1 amide bonds. The first-order valence-corrected chi connectivity index (χ1v) is 10.8. The van der Waals surface area contributed by atoms with Crippen LogP contribution in [0.4, 0.5) is 22.0 Å². The van der Waals surface area contributed by atoms with Crippen molar-refractivity contribution in [1.82, 2.24) is 29.0 Å². The molecular weight excluding hydrogens is 475 g/mol. The van der Waals surface area contributed by atoms with Gasteiger partial charge < -0.3 is 10.0 Å². The summed E-state index contributed by atoms with van der Waals surface area (Å²) in [7, 11) is 0. The van der Waals surface area contributed by atoms with Crippen molar-refractivity contribution < 1.29 is 31.9 Å². The molecule has 1 aliphatic rings. The Bertz CT molecular complexity index is 1430. The fourth-order valence-corrected chi connectivity index (χ4v) is 4.30. The number of carbonyl (C=O) groups is 1. The number of carbonyl (C=O) groups excluding carboxylic acids is 1. The van der Waals surface area contributed by atoms with Crippen molar-refractivity contribution in [3.05, 3.63) is 48.1 Å². The average Bonchev–Trinajstić information content (AvgIpc) is 3.27. The molecule has 35 heavy (non-hydrogen) atoms. The van der Waals surface area contributed by atoms with Gasteiger partial charge in [0.1, 0.15) is 23.7 Å². The minimum atomic E-state index is -4.62. The van der Waals surface area contributed by atoms with Crippen LogP contribution in [0.15, 0.2) is 30.7 Å². The van der Waals surface area contributed by atoms with E-state index < -0.39 is 36.4 Å². The maximum Gasteiger partial charge on any atom is 0.408 e. The van der Waals surface area contributed by atoms with Gasteiger partial charge in [-0.15, -0.1) is 0 Å². The zero-order valence-corrected chi connectivity index (χ0v) is 18.1. The topological polar surface area (TPSA) is 88.6 Å². The lowest BCUT2D eigenvalue weighted by molar-refractivity contribution is -0.141. The molecular formula is C22H19F5N6O2. The molecule has 0 aliphatic carbocycles. The second kappa shape index (κ2) is 8.56. The predicted molar refractivity (Wildman–Crippen MR) is 113 cm³/mol. The van der Waals surface area contributed by atoms with Crippen molar-refractivity contribution in [2.45, 2.75) is 38.1 Å². The highest BCUT2D eigenvalue weighted by Gasteiger charge is 2.31. The molecule has 4 aromatic heterocycles. The van der Waals surface area contributed by atoms with Gasteiger partial charge in [0.15, 0.2) is 11.5 Å². The third kappa shape index (κ3) is 4.43. The van der Waals surface area contributed by atoms with Crippen molar-refractivity contribution in [2.75, 3.05) is 13.1 Å². The lowest BCUT2D eigenvalue weighted by Gasteiger charge is -2.19. The summed E-state index contributed by atoms with van der Waals surface area (Å²) < 4.78 is 69.7. The lowest BCUT2D eigenvalue weighted by atomic mass is 10.2. The van der Waals surface area contributed by atoms with Crippen LogP contribution in [0, 0.1) is 11.6 Å². The molecule has 13 heteroatoms. The van der Waals surface area contributed by atoms with Gasteiger partial charge in [0.2, 0.25) is 0 Å². The van der Waals surface area contributed by atoms with Gasteiger partial charge in [0.25, 0.3) is 5.91 Å². The Balaban J connectivity index is 1.62. The number of rotatable bonds is 3. The molecule has 1 fully saturated rings. The van der Waals surface area contributed by atoms with E-state index in [-0.39, 0.29) is 33.6 Å². The Hall–Kier alpha value is -3.61. The highest BCUT2D eigenvalue weighted by molar-refractivity contribution is 5.99. The van der Waals surface area contributed by atoms with Crippen LogP contribution >= 0.6 is 0 Å². The van der Waals surface area contributed by atoms with E-state index in [0.717, 1.165) is 10.6 Å². The van der Waals surface area contributed by atoms with Gasteiger partial charge in [-0.1, -0.05) is 0 Å². The molecule has 4 aromatic rings. The Labute approximate surface area is 194 Å². The van der Waals surface area contributed by atoms with Crippen LogP contribution in [0.2, 0.25) is 0 Å². The fourth-order valence-electron chi connectivity index (χ4n) is 4.30. The standard InChI is InChI=1S/C22H19F5N6O2/c23-12-6-15(24)20-29-9-18(32(20)10-12)19-14-8-28-16(7-17(14)33(30-19)11-22(25,26)27)21(35)31-4-1-2-13(34)3-5-31/h6-10,13,34H,1-5,11H2. The molecule has 0 bridgehead atoms. The van der Waals surface area contributed by atoms with Crippen molar-refractivity contribution >= 4 is 22.5 Å². The Morgan fingerprint density at radius 3 is 2.69 bits per heavy atom. The number of hydrogen-bond acceptors (Lipinski definition) is 5. The van der Waals surface area contributed by atoms with Crippen LogP contribution in [0.25, 0.3) is 27.9 Å². The largest absolute Gasteiger partial charge is 0.408 e. The number of aliphatic hydroxyl groups is 1. The van der Waals surface area contributed by atoms with Gasteiger partial charge in [0, 0.05) is 36.9 Å². The lowest BCUT2D eigenvalue weighted by Crippen LogP contribution is -2.32. The average molecular weight is 494 g/mol. The number of alkyl halides is 3. The molecule has 184 valence electrons. The summed E-state index contributed by atoms with van der Waals surface area (Å²) in [6.45, 7) is -0.760. The summed E-state index contributed by atoms with van der Waals surface area (Å²) in [5.41, 5.74) is -0.266. The number of likely N-dealkylation sites (tertiary alicyclic amines) is 1. The van der Waals surface area contributed by atoms with Crippen LogP contribution in [0.3, 0.4) is 0 Å². The Kier molecular flexibility index (Phi) is 5.66. The van der Waals surface area contributed by atoms with E-state index in [9.17, 15) is 31.9 Å². The number of aliphatic hydroxyl groups excluding tert-OH is 1. The zero-order chi connectivity index (χ0) is 24.9. The molecule has 1 aliphatic heterocycles. The molecule has 0 saturated carbocycles. The van der Waals surface area contributed by atoms with E-state index in [1.165, 1.54) is 23.4 Å². The van der Waals surface area contributed by atoms with Crippen LogP contribution in [-0.4, -0.2) is 65.4 Å². The SMILES string of the molecule is O=C(c1cc2c(cn1)c(-c1cnc3c(F)cc(F)cn13)nn2CC(F)(F)F)N1CCCC(O)CC1. The number of pyridine rings is 2. The number of fused-ring (bicyclic) bond motifs is 2. The van der Waals surface area contributed by atoms with Crippen molar-refractivity contribution in [2.24, 2.45) is 0 Å². The zero-order valence-electron chi connectivity index (χ0n) is 18.1. The predicted octanol–water partition coefficient (Wildman–Crippen LogP) is 3.57. The summed E-state index contributed by atoms with van der Waals surface area (Å²) in [5.74, 6) is -2.31. The number of amides is 1. The minimum Gasteiger partial charge on any atom is -0.393 e. The second-order valence-electron chi connectivity index (χ2n) is 8.43. The normalized spacial score (nSPS) is 17.3. The molecule has 0 radical (unpaired) electrons. The summed E-state index contributed by atoms with van der Waals surface area (Å²) in [5, 5.41) is 14.0. The van der Waals surface area contributed by atoms with E-state index in [1.54, 1.807) is 0 Å². The van der Waals surface area contributed by atoms with Crippen LogP contribution in [-0.2, 0) is 6.54 Å². The third-order valence-electron chi connectivity index (χ3n) is 5.94. The first kappa shape index (κ1) is 23.1. The first-order chi connectivity index (χ1) is 16.6. The molecule has 1 N–H and O–H groups in total. The highest BCUT2D eigenvalue weighted by Crippen LogP contribution is 2.31. The fraction of sp³-hybridized carbons (Fsp3) is 0.364. The smallest absolute Gasteiger partial charge is 0.393 e. The number of aromatic nitrogens is 5. The van der Waals surface area contributed by atoms with Crippen molar-refractivity contribution in [3.8, 4) is 11.4 Å². The van der Waals surface area contributed by atoms with E-state index in [4.69, 9.17) is 0 Å². The second-order valence-corrected chi connectivity index (χ2v) is 8.43. The summed E-state index contributed by atoms with van der Waals surface area (Å²) in [4.78, 5) is 22.6. The van der Waals surface area contributed by atoms with Gasteiger partial charge in [-0.2, -0.15) is 18.3 Å². The summed E-state index contributed by atoms with van der Waals surface area (Å²) in [6.07, 6.45) is -0.245. The van der Waals surface area contributed by atoms with Gasteiger partial charge >= 0.3 is 6.18 Å². The van der Waals surface area contributed by atoms with Gasteiger partial charge in [-0.3, -0.25) is 18.9 Å². The first-order valence-electron chi connectivity index (χ1n) is 10.8. The molecule has 1 atom stereocenters. The molecule has 8 nitrogen and oxygen atoms in total. The number of halogens is 5. The maximum atomic E-state index is 14.1. The van der Waals surface area contributed by atoms with Gasteiger partial charge in [-0.25, -0.2) is 13.8 Å². The molecule has 1 unspecified atom stereocenters. The monoisotopic (exact) mass is 494 g/mol. The van der Waals surface area contributed by atoms with Gasteiger partial charge in [-0.05, 0) is 25.3 Å². The van der Waals surface area contributed by atoms with Crippen LogP contribution in [0.5, 0.6) is 0 Å². The van der Waals surface area contributed by atoms with E-state index in [0.29, 0.717) is 43.1 Å². The third-order valence-corrected chi connectivity index (χ3v) is 5.94. The van der Waals surface area contributed by atoms with E-state index >= 15 is 0 Å². The maximum absolute atomic E-state index is 14.1. The highest BCUT2D eigenvalue weighted by atomic mass is 19.4. The van der Waals surface area contributed by atoms with Crippen LogP contribution in [0.1, 0.15) is 29.8 Å². The van der Waals surface area contributed by atoms with Crippen molar-refractivity contribution in [3.63, 3.8) is 0 Å². The van der Waals surface area contributed by atoms with E-state index in [1.807, 2.05) is 0 Å².